The number of nitrogens with one attached hydrogen (secondary N) is 1. The molecule has 17 heavy (non-hydrogen) atoms. The molecule has 0 aliphatic carbocycles. The summed E-state index contributed by atoms with van der Waals surface area (Å²) in [5, 5.41) is 0. The Balaban J connectivity index is 0. The minimum Gasteiger partial charge on any atom is -1.00 e. The van der Waals surface area contributed by atoms with E-state index in [1.165, 1.54) is 12.5 Å². The first-order chi connectivity index (χ1) is 7.50. The fourth-order valence-electron chi connectivity index (χ4n) is 0.955. The van der Waals surface area contributed by atoms with E-state index in [9.17, 15) is 14.4 Å². The molecule has 7 nitrogen and oxygen atoms in total. The normalized spacial score (nSPS) is 11.2. The van der Waals surface area contributed by atoms with E-state index < -0.39 is 23.8 Å². The number of hydrogen-bond donors (Lipinski definition) is 2. The smallest absolute Gasteiger partial charge is 1.00 e. The van der Waals surface area contributed by atoms with Gasteiger partial charge in [0.05, 0.1) is 6.33 Å². The van der Waals surface area contributed by atoms with Gasteiger partial charge in [0, 0.05) is 25.2 Å². The summed E-state index contributed by atoms with van der Waals surface area (Å²) in [6, 6.07) is -1.01. The maximum absolute atomic E-state index is 11.2. The van der Waals surface area contributed by atoms with Crippen LogP contribution in [0.3, 0.4) is 0 Å². The molecule has 1 heterocycles. The molecule has 0 spiro atoms. The number of rotatable bonds is 4. The summed E-state index contributed by atoms with van der Waals surface area (Å²) in [6.07, 6.45) is 3.10. The summed E-state index contributed by atoms with van der Waals surface area (Å²) in [4.78, 5) is 39.0. The van der Waals surface area contributed by atoms with Crippen molar-refractivity contribution in [3.8, 4) is 0 Å². The number of imidazole rings is 1. The van der Waals surface area contributed by atoms with Gasteiger partial charge in [-0.05, 0) is 0 Å². The SMILES string of the molecule is CC(=O)C(=O)OC(=O)[C@@H](N)Cc1cnc[nH]1.[H-].[Na+]. The molecule has 3 N–H and O–H groups in total. The minimum atomic E-state index is -1.20. The number of carbonyl (C=O) groups excluding carboxylic acids is 3. The predicted octanol–water partition coefficient (Wildman–Crippen LogP) is -3.95. The molecule has 0 radical (unpaired) electrons. The Morgan fingerprint density at radius 2 is 2.24 bits per heavy atom. The van der Waals surface area contributed by atoms with Crippen LogP contribution in [0.1, 0.15) is 14.0 Å². The largest absolute Gasteiger partial charge is 1.00 e. The van der Waals surface area contributed by atoms with Gasteiger partial charge in [0.1, 0.15) is 6.04 Å². The number of aromatic nitrogens is 2. The Kier molecular flexibility index (Phi) is 6.89. The molecule has 8 heteroatoms. The molecule has 0 unspecified atom stereocenters. The first kappa shape index (κ1) is 16.0. The van der Waals surface area contributed by atoms with Gasteiger partial charge in [-0.2, -0.15) is 0 Å². The molecule has 0 fully saturated rings. The van der Waals surface area contributed by atoms with Gasteiger partial charge in [0.15, 0.2) is 0 Å². The molecule has 1 aromatic rings. The second kappa shape index (κ2) is 7.33. The van der Waals surface area contributed by atoms with Crippen LogP contribution >= 0.6 is 0 Å². The predicted molar refractivity (Wildman–Crippen MR) is 53.2 cm³/mol. The Hall–Kier alpha value is -1.02. The van der Waals surface area contributed by atoms with Crippen molar-refractivity contribution in [3.63, 3.8) is 0 Å². The van der Waals surface area contributed by atoms with Gasteiger partial charge < -0.3 is 16.9 Å². The second-order valence-electron chi connectivity index (χ2n) is 3.15. The van der Waals surface area contributed by atoms with Gasteiger partial charge >= 0.3 is 41.5 Å². The number of nitrogens with two attached hydrogens (primary N) is 1. The zero-order valence-electron chi connectivity index (χ0n) is 10.6. The van der Waals surface area contributed by atoms with Gasteiger partial charge in [-0.1, -0.05) is 0 Å². The van der Waals surface area contributed by atoms with Crippen LogP contribution in [0, 0.1) is 0 Å². The van der Waals surface area contributed by atoms with Crippen LogP contribution in [0.5, 0.6) is 0 Å². The molecular formula is C9H12N3NaO4. The number of ether oxygens (including phenoxy) is 1. The first-order valence-electron chi connectivity index (χ1n) is 4.50. The number of hydrogen-bond acceptors (Lipinski definition) is 6. The van der Waals surface area contributed by atoms with Crippen LogP contribution in [0.4, 0.5) is 0 Å². The van der Waals surface area contributed by atoms with E-state index in [0.717, 1.165) is 6.92 Å². The van der Waals surface area contributed by atoms with E-state index in [-0.39, 0.29) is 37.4 Å². The Morgan fingerprint density at radius 1 is 1.59 bits per heavy atom. The monoisotopic (exact) mass is 249 g/mol. The third-order valence-electron chi connectivity index (χ3n) is 1.78. The van der Waals surface area contributed by atoms with Gasteiger partial charge in [-0.15, -0.1) is 0 Å². The average Bonchev–Trinajstić information content (AvgIpc) is 2.69. The van der Waals surface area contributed by atoms with Crippen molar-refractivity contribution < 1.29 is 50.1 Å². The third kappa shape index (κ3) is 5.22. The molecule has 0 aliphatic rings. The topological polar surface area (TPSA) is 115 Å². The number of H-pyrrole nitrogens is 1. The molecule has 0 aliphatic heterocycles. The number of aromatic amines is 1. The molecule has 0 bridgehead atoms. The third-order valence-corrected chi connectivity index (χ3v) is 1.78. The minimum absolute atomic E-state index is 0. The van der Waals surface area contributed by atoms with Crippen LogP contribution in [0.2, 0.25) is 0 Å². The van der Waals surface area contributed by atoms with Gasteiger partial charge in [-0.3, -0.25) is 4.79 Å². The van der Waals surface area contributed by atoms with E-state index in [2.05, 4.69) is 14.7 Å². The summed E-state index contributed by atoms with van der Waals surface area (Å²) in [7, 11) is 0. The number of carbonyl (C=O) groups is 3. The molecule has 88 valence electrons. The fraction of sp³-hybridized carbons (Fsp3) is 0.333. The molecular weight excluding hydrogens is 237 g/mol. The Morgan fingerprint density at radius 3 is 2.71 bits per heavy atom. The van der Waals surface area contributed by atoms with E-state index in [1.54, 1.807) is 0 Å². The summed E-state index contributed by atoms with van der Waals surface area (Å²) >= 11 is 0. The maximum atomic E-state index is 11.2. The second-order valence-corrected chi connectivity index (χ2v) is 3.15. The molecule has 0 saturated heterocycles. The van der Waals surface area contributed by atoms with Crippen molar-refractivity contribution in [2.45, 2.75) is 19.4 Å². The molecule has 1 atom stereocenters. The summed E-state index contributed by atoms with van der Waals surface area (Å²) in [5.74, 6) is -2.98. The summed E-state index contributed by atoms with van der Waals surface area (Å²) < 4.78 is 4.24. The molecule has 0 aromatic carbocycles. The number of nitrogens with zero attached hydrogens (tertiary/aromatic N) is 1. The van der Waals surface area contributed by atoms with Crippen LogP contribution in [0.25, 0.3) is 0 Å². The van der Waals surface area contributed by atoms with Crippen LogP contribution in [-0.4, -0.2) is 33.7 Å². The maximum Gasteiger partial charge on any atom is 1.00 e. The zero-order valence-corrected chi connectivity index (χ0v) is 11.6. The average molecular weight is 249 g/mol. The zero-order chi connectivity index (χ0) is 12.1. The first-order valence-corrected chi connectivity index (χ1v) is 4.50. The van der Waals surface area contributed by atoms with Crippen LogP contribution in [-0.2, 0) is 25.5 Å². The van der Waals surface area contributed by atoms with Crippen molar-refractivity contribution in [2.75, 3.05) is 0 Å². The molecule has 1 aromatic heterocycles. The molecule has 0 saturated carbocycles. The number of Topliss-reactive ketones (excluding diaryl/α,β-unsaturated/α-hetero) is 1. The van der Waals surface area contributed by atoms with E-state index >= 15 is 0 Å². The van der Waals surface area contributed by atoms with E-state index in [4.69, 9.17) is 5.73 Å². The van der Waals surface area contributed by atoms with Gasteiger partial charge in [-0.25, -0.2) is 14.6 Å². The van der Waals surface area contributed by atoms with Crippen molar-refractivity contribution in [1.29, 1.82) is 0 Å². The summed E-state index contributed by atoms with van der Waals surface area (Å²) in [5.41, 5.74) is 6.11. The quantitative estimate of drug-likeness (QED) is 0.243. The standard InChI is InChI=1S/C9H11N3O4.Na.H/c1-5(13)8(14)16-9(15)7(10)2-6-3-11-4-12-6;;/h3-4,7H,2,10H2,1H3,(H,11,12);;/q;+1;-1/t7-;;/m0../s1. The number of ketones is 1. The van der Waals surface area contributed by atoms with Gasteiger partial charge in [0.2, 0.25) is 5.78 Å². The summed E-state index contributed by atoms with van der Waals surface area (Å²) in [6.45, 7) is 1.01. The van der Waals surface area contributed by atoms with Crippen molar-refractivity contribution in [2.24, 2.45) is 5.73 Å². The Bertz CT molecular complexity index is 410. The van der Waals surface area contributed by atoms with Gasteiger partial charge in [0.25, 0.3) is 0 Å². The molecule has 1 rings (SSSR count). The van der Waals surface area contributed by atoms with E-state index in [1.807, 2.05) is 0 Å². The van der Waals surface area contributed by atoms with Crippen molar-refractivity contribution in [1.82, 2.24) is 9.97 Å². The van der Waals surface area contributed by atoms with Crippen molar-refractivity contribution >= 4 is 17.7 Å². The van der Waals surface area contributed by atoms with Crippen LogP contribution < -0.4 is 35.3 Å². The Labute approximate surface area is 121 Å². The van der Waals surface area contributed by atoms with Crippen LogP contribution in [0.15, 0.2) is 12.5 Å². The van der Waals surface area contributed by atoms with Crippen molar-refractivity contribution in [3.05, 3.63) is 18.2 Å². The number of esters is 2. The van der Waals surface area contributed by atoms with E-state index in [0.29, 0.717) is 5.69 Å². The fourth-order valence-corrected chi connectivity index (χ4v) is 0.955. The molecule has 0 amide bonds.